The molecule has 2 unspecified atom stereocenters. The standard InChI is InChI=1S/C8H10O4/c1-4-5(7(9)11-2)6(4)8(10)12-3/h5-6H,1H2,2-3H3. The van der Waals surface area contributed by atoms with E-state index in [1.807, 2.05) is 0 Å². The predicted octanol–water partition coefficient (Wildman–Crippen LogP) is 0.135. The highest BCUT2D eigenvalue weighted by Crippen LogP contribution is 2.45. The van der Waals surface area contributed by atoms with E-state index in [1.54, 1.807) is 0 Å². The van der Waals surface area contributed by atoms with Gasteiger partial charge in [0.2, 0.25) is 0 Å². The van der Waals surface area contributed by atoms with E-state index in [9.17, 15) is 9.59 Å². The van der Waals surface area contributed by atoms with Crippen LogP contribution in [0.1, 0.15) is 0 Å². The quantitative estimate of drug-likeness (QED) is 0.436. The molecule has 1 saturated carbocycles. The lowest BCUT2D eigenvalue weighted by atomic mass is 10.3. The monoisotopic (exact) mass is 170 g/mol. The summed E-state index contributed by atoms with van der Waals surface area (Å²) in [5.74, 6) is -1.81. The van der Waals surface area contributed by atoms with Gasteiger partial charge in [-0.15, -0.1) is 0 Å². The van der Waals surface area contributed by atoms with Crippen LogP contribution < -0.4 is 0 Å². The molecule has 0 amide bonds. The molecular formula is C8H10O4. The van der Waals surface area contributed by atoms with E-state index < -0.39 is 23.8 Å². The maximum atomic E-state index is 10.9. The molecule has 0 spiro atoms. The van der Waals surface area contributed by atoms with Crippen molar-refractivity contribution in [2.75, 3.05) is 14.2 Å². The van der Waals surface area contributed by atoms with Crippen molar-refractivity contribution in [3.63, 3.8) is 0 Å². The summed E-state index contributed by atoms with van der Waals surface area (Å²) in [6, 6.07) is 0. The van der Waals surface area contributed by atoms with Crippen LogP contribution in [-0.2, 0) is 19.1 Å². The lowest BCUT2D eigenvalue weighted by Gasteiger charge is -1.95. The van der Waals surface area contributed by atoms with Crippen molar-refractivity contribution in [2.45, 2.75) is 0 Å². The van der Waals surface area contributed by atoms with Gasteiger partial charge in [-0.2, -0.15) is 0 Å². The third kappa shape index (κ3) is 1.20. The van der Waals surface area contributed by atoms with Gasteiger partial charge in [0.05, 0.1) is 26.1 Å². The second-order valence-electron chi connectivity index (χ2n) is 2.58. The van der Waals surface area contributed by atoms with E-state index in [0.717, 1.165) is 0 Å². The minimum absolute atomic E-state index is 0.421. The van der Waals surface area contributed by atoms with E-state index in [1.165, 1.54) is 14.2 Å². The van der Waals surface area contributed by atoms with E-state index >= 15 is 0 Å². The van der Waals surface area contributed by atoms with Crippen LogP contribution >= 0.6 is 0 Å². The zero-order valence-electron chi connectivity index (χ0n) is 6.99. The second-order valence-corrected chi connectivity index (χ2v) is 2.58. The Balaban J connectivity index is 2.59. The Labute approximate surface area is 70.1 Å². The van der Waals surface area contributed by atoms with Crippen LogP contribution in [0.5, 0.6) is 0 Å². The number of methoxy groups -OCH3 is 2. The molecule has 0 aromatic heterocycles. The Kier molecular flexibility index (Phi) is 2.17. The normalized spacial score (nSPS) is 26.3. The molecule has 0 saturated heterocycles. The van der Waals surface area contributed by atoms with Crippen LogP contribution in [0.2, 0.25) is 0 Å². The zero-order chi connectivity index (χ0) is 9.30. The third-order valence-electron chi connectivity index (χ3n) is 1.93. The van der Waals surface area contributed by atoms with Gasteiger partial charge < -0.3 is 9.47 Å². The topological polar surface area (TPSA) is 52.6 Å². The summed E-state index contributed by atoms with van der Waals surface area (Å²) in [6.07, 6.45) is 0. The summed E-state index contributed by atoms with van der Waals surface area (Å²) in [5, 5.41) is 0. The van der Waals surface area contributed by atoms with Crippen molar-refractivity contribution in [2.24, 2.45) is 11.8 Å². The van der Waals surface area contributed by atoms with Crippen LogP contribution in [0.3, 0.4) is 0 Å². The summed E-state index contributed by atoms with van der Waals surface area (Å²) >= 11 is 0. The number of ether oxygens (including phenoxy) is 2. The summed E-state index contributed by atoms with van der Waals surface area (Å²) in [6.45, 7) is 3.57. The number of carbonyl (C=O) groups is 2. The molecule has 4 heteroatoms. The summed E-state index contributed by atoms with van der Waals surface area (Å²) in [4.78, 5) is 21.8. The second kappa shape index (κ2) is 2.97. The fraction of sp³-hybridized carbons (Fsp3) is 0.500. The highest BCUT2D eigenvalue weighted by atomic mass is 16.5. The van der Waals surface area contributed by atoms with Gasteiger partial charge in [-0.1, -0.05) is 6.58 Å². The van der Waals surface area contributed by atoms with Crippen molar-refractivity contribution < 1.29 is 19.1 Å². The molecule has 4 nitrogen and oxygen atoms in total. The smallest absolute Gasteiger partial charge is 0.314 e. The minimum atomic E-state index is -0.484. The molecule has 1 aliphatic rings. The minimum Gasteiger partial charge on any atom is -0.469 e. The molecule has 1 rings (SSSR count). The molecule has 12 heavy (non-hydrogen) atoms. The van der Waals surface area contributed by atoms with Gasteiger partial charge in [0.25, 0.3) is 0 Å². The highest BCUT2D eigenvalue weighted by molar-refractivity contribution is 5.94. The van der Waals surface area contributed by atoms with Crippen LogP contribution in [0.4, 0.5) is 0 Å². The number of carbonyl (C=O) groups excluding carboxylic acids is 2. The SMILES string of the molecule is C=C1C(C(=O)OC)C1C(=O)OC. The van der Waals surface area contributed by atoms with Gasteiger partial charge in [0, 0.05) is 0 Å². The summed E-state index contributed by atoms with van der Waals surface area (Å²) in [5.41, 5.74) is 0.578. The van der Waals surface area contributed by atoms with E-state index in [-0.39, 0.29) is 0 Å². The Bertz CT molecular complexity index is 219. The van der Waals surface area contributed by atoms with Crippen molar-refractivity contribution in [1.82, 2.24) is 0 Å². The first-order valence-corrected chi connectivity index (χ1v) is 3.47. The van der Waals surface area contributed by atoms with Crippen LogP contribution in [-0.4, -0.2) is 26.2 Å². The molecule has 0 bridgehead atoms. The van der Waals surface area contributed by atoms with E-state index in [2.05, 4.69) is 16.1 Å². The maximum absolute atomic E-state index is 10.9. The molecule has 2 atom stereocenters. The highest BCUT2D eigenvalue weighted by Gasteiger charge is 2.54. The number of rotatable bonds is 2. The molecule has 0 aromatic rings. The Morgan fingerprint density at radius 2 is 1.50 bits per heavy atom. The van der Waals surface area contributed by atoms with Crippen molar-refractivity contribution in [1.29, 1.82) is 0 Å². The van der Waals surface area contributed by atoms with Gasteiger partial charge in [0.1, 0.15) is 0 Å². The molecular weight excluding hydrogens is 160 g/mol. The number of esters is 2. The maximum Gasteiger partial charge on any atom is 0.314 e. The molecule has 66 valence electrons. The largest absolute Gasteiger partial charge is 0.469 e. The van der Waals surface area contributed by atoms with Crippen molar-refractivity contribution in [3.8, 4) is 0 Å². The molecule has 0 N–H and O–H groups in total. The van der Waals surface area contributed by atoms with E-state index in [4.69, 9.17) is 0 Å². The number of hydrogen-bond donors (Lipinski definition) is 0. The van der Waals surface area contributed by atoms with Gasteiger partial charge in [-0.3, -0.25) is 9.59 Å². The van der Waals surface area contributed by atoms with Crippen LogP contribution in [0.25, 0.3) is 0 Å². The predicted molar refractivity (Wildman–Crippen MR) is 40.2 cm³/mol. The summed E-state index contributed by atoms with van der Waals surface area (Å²) < 4.78 is 8.92. The molecule has 1 fully saturated rings. The molecule has 0 radical (unpaired) electrons. The zero-order valence-corrected chi connectivity index (χ0v) is 6.99. The fourth-order valence-electron chi connectivity index (χ4n) is 1.14. The van der Waals surface area contributed by atoms with E-state index in [0.29, 0.717) is 5.57 Å². The first-order valence-electron chi connectivity index (χ1n) is 3.47. The van der Waals surface area contributed by atoms with Gasteiger partial charge >= 0.3 is 11.9 Å². The van der Waals surface area contributed by atoms with Gasteiger partial charge in [-0.25, -0.2) is 0 Å². The molecule has 1 aliphatic carbocycles. The van der Waals surface area contributed by atoms with Crippen LogP contribution in [0.15, 0.2) is 12.2 Å². The lowest BCUT2D eigenvalue weighted by Crippen LogP contribution is -2.10. The summed E-state index contributed by atoms with van der Waals surface area (Å²) in [7, 11) is 2.56. The van der Waals surface area contributed by atoms with Crippen molar-refractivity contribution >= 4 is 11.9 Å². The fourth-order valence-corrected chi connectivity index (χ4v) is 1.14. The Morgan fingerprint density at radius 1 is 1.17 bits per heavy atom. The van der Waals surface area contributed by atoms with Crippen LogP contribution in [0, 0.1) is 11.8 Å². The Hall–Kier alpha value is -1.32. The first kappa shape index (κ1) is 8.77. The third-order valence-corrected chi connectivity index (χ3v) is 1.93. The first-order chi connectivity index (χ1) is 5.63. The lowest BCUT2D eigenvalue weighted by molar-refractivity contribution is -0.148. The van der Waals surface area contributed by atoms with Gasteiger partial charge in [0.15, 0.2) is 0 Å². The Morgan fingerprint density at radius 3 is 1.75 bits per heavy atom. The van der Waals surface area contributed by atoms with Crippen molar-refractivity contribution in [3.05, 3.63) is 12.2 Å². The average Bonchev–Trinajstić information content (AvgIpc) is 2.74. The molecule has 0 aromatic carbocycles. The molecule has 0 aliphatic heterocycles. The van der Waals surface area contributed by atoms with Gasteiger partial charge in [-0.05, 0) is 5.57 Å². The average molecular weight is 170 g/mol. The number of hydrogen-bond acceptors (Lipinski definition) is 4. The molecule has 0 heterocycles.